The first-order valence-electron chi connectivity index (χ1n) is 11.5. The Morgan fingerprint density at radius 3 is 2.39 bits per heavy atom. The van der Waals surface area contributed by atoms with Gasteiger partial charge in [-0.3, -0.25) is 0 Å². The van der Waals surface area contributed by atoms with Crippen LogP contribution in [0.3, 0.4) is 0 Å². The van der Waals surface area contributed by atoms with E-state index in [1.807, 2.05) is 0 Å². The van der Waals surface area contributed by atoms with Crippen LogP contribution in [-0.4, -0.2) is 28.4 Å². The van der Waals surface area contributed by atoms with E-state index in [1.54, 1.807) is 0 Å². The zero-order chi connectivity index (χ0) is 21.2. The van der Waals surface area contributed by atoms with Gasteiger partial charge < -0.3 is 4.98 Å². The lowest BCUT2D eigenvalue weighted by atomic mass is 9.94. The molecule has 31 heavy (non-hydrogen) atoms. The predicted octanol–water partition coefficient (Wildman–Crippen LogP) is 7.07. The molecule has 3 aromatic rings. The molecule has 5 rings (SSSR count). The monoisotopic (exact) mass is 407 g/mol. The third kappa shape index (κ3) is 3.95. The fourth-order valence-corrected chi connectivity index (χ4v) is 5.14. The summed E-state index contributed by atoms with van der Waals surface area (Å²) in [5, 5.41) is 1.28. The first kappa shape index (κ1) is 19.8. The number of H-pyrrole nitrogens is 1. The van der Waals surface area contributed by atoms with E-state index in [4.69, 9.17) is 0 Å². The molecule has 0 spiro atoms. The largest absolute Gasteiger partial charge is 0.358 e. The number of nitrogens with one attached hydrogen (secondary N) is 1. The molecule has 2 nitrogen and oxygen atoms in total. The standard InChI is InChI=1S/C29H30N2/c1-21-29(27-14-8-9-15-28(27)30-21)26-13-7-6-10-23(26)20-22-16-18-25(19-17-22)31(2)24-11-4-3-5-12-24/h6-10,13-20,24H,3-5,11-12H2,1-2H3/p+1. The number of fused-ring (bicyclic) bond motifs is 1. The van der Waals surface area contributed by atoms with Crippen molar-refractivity contribution in [2.45, 2.75) is 45.1 Å². The summed E-state index contributed by atoms with van der Waals surface area (Å²) in [4.78, 5) is 3.55. The van der Waals surface area contributed by atoms with Crippen LogP contribution in [0, 0.1) is 6.92 Å². The first-order valence-corrected chi connectivity index (χ1v) is 11.5. The minimum Gasteiger partial charge on any atom is -0.358 e. The molecule has 0 amide bonds. The van der Waals surface area contributed by atoms with Crippen molar-refractivity contribution >= 4 is 22.7 Å². The number of hydrogen-bond acceptors (Lipinski definition) is 0. The summed E-state index contributed by atoms with van der Waals surface area (Å²) in [6.07, 6.45) is 18.1. The maximum absolute atomic E-state index is 3.55. The number of rotatable bonds is 3. The number of nitrogens with zero attached hydrogens (tertiary/aromatic N) is 1. The summed E-state index contributed by atoms with van der Waals surface area (Å²) in [6, 6.07) is 18.0. The lowest BCUT2D eigenvalue weighted by molar-refractivity contribution is -0.540. The molecule has 0 radical (unpaired) electrons. The van der Waals surface area contributed by atoms with Crippen molar-refractivity contribution in [3.63, 3.8) is 0 Å². The van der Waals surface area contributed by atoms with Gasteiger partial charge in [0.15, 0.2) is 11.8 Å². The Morgan fingerprint density at radius 1 is 0.871 bits per heavy atom. The zero-order valence-electron chi connectivity index (χ0n) is 18.6. The van der Waals surface area contributed by atoms with E-state index in [1.165, 1.54) is 76.7 Å². The SMILES string of the molecule is Cc1[nH]c2ccccc2c1-c1ccccc1C=C1C=CC(=[N+](C)C2CCCCC2)C=C1. The lowest BCUT2D eigenvalue weighted by Crippen LogP contribution is -2.29. The van der Waals surface area contributed by atoms with Gasteiger partial charge in [0.2, 0.25) is 0 Å². The van der Waals surface area contributed by atoms with Gasteiger partial charge in [0.1, 0.15) is 7.05 Å². The molecule has 2 aliphatic rings. The maximum atomic E-state index is 3.55. The zero-order valence-corrected chi connectivity index (χ0v) is 18.6. The number of hydrogen-bond donors (Lipinski definition) is 1. The van der Waals surface area contributed by atoms with Crippen molar-refractivity contribution in [3.05, 3.63) is 89.7 Å². The molecule has 0 saturated heterocycles. The third-order valence-corrected chi connectivity index (χ3v) is 6.87. The highest BCUT2D eigenvalue weighted by atomic mass is 15.0. The van der Waals surface area contributed by atoms with Gasteiger partial charge in [-0.25, -0.2) is 4.58 Å². The van der Waals surface area contributed by atoms with E-state index >= 15 is 0 Å². The summed E-state index contributed by atoms with van der Waals surface area (Å²) >= 11 is 0. The highest BCUT2D eigenvalue weighted by molar-refractivity contribution is 6.03. The number of aromatic amines is 1. The molecule has 0 aliphatic heterocycles. The van der Waals surface area contributed by atoms with Crippen LogP contribution in [-0.2, 0) is 0 Å². The molecule has 1 aromatic heterocycles. The normalized spacial score (nSPS) is 16.8. The second kappa shape index (κ2) is 8.55. The van der Waals surface area contributed by atoms with Gasteiger partial charge in [-0.15, -0.1) is 0 Å². The van der Waals surface area contributed by atoms with Crippen molar-refractivity contribution in [2.24, 2.45) is 0 Å². The summed E-state index contributed by atoms with van der Waals surface area (Å²) in [6.45, 7) is 2.17. The Kier molecular flexibility index (Phi) is 5.46. The van der Waals surface area contributed by atoms with Crippen LogP contribution in [0.4, 0.5) is 0 Å². The molecular weight excluding hydrogens is 376 g/mol. The van der Waals surface area contributed by atoms with Gasteiger partial charge in [0.25, 0.3) is 0 Å². The highest BCUT2D eigenvalue weighted by Crippen LogP contribution is 2.35. The third-order valence-electron chi connectivity index (χ3n) is 6.87. The van der Waals surface area contributed by atoms with Gasteiger partial charge in [-0.2, -0.15) is 0 Å². The van der Waals surface area contributed by atoms with E-state index < -0.39 is 0 Å². The average Bonchev–Trinajstić information content (AvgIpc) is 3.15. The second-order valence-electron chi connectivity index (χ2n) is 8.90. The lowest BCUT2D eigenvalue weighted by Gasteiger charge is -2.19. The van der Waals surface area contributed by atoms with Crippen LogP contribution in [0.1, 0.15) is 43.4 Å². The number of benzene rings is 2. The molecule has 2 heteroatoms. The minimum absolute atomic E-state index is 0.689. The maximum Gasteiger partial charge on any atom is 0.199 e. The quantitative estimate of drug-likeness (QED) is 0.448. The van der Waals surface area contributed by atoms with Gasteiger partial charge in [0, 0.05) is 47.2 Å². The van der Waals surface area contributed by atoms with Gasteiger partial charge in [-0.05, 0) is 60.8 Å². The summed E-state index contributed by atoms with van der Waals surface area (Å²) < 4.78 is 2.48. The van der Waals surface area contributed by atoms with Crippen molar-refractivity contribution in [1.82, 2.24) is 4.98 Å². The topological polar surface area (TPSA) is 18.8 Å². The minimum atomic E-state index is 0.689. The average molecular weight is 408 g/mol. The van der Waals surface area contributed by atoms with Crippen LogP contribution in [0.2, 0.25) is 0 Å². The molecule has 156 valence electrons. The van der Waals surface area contributed by atoms with Crippen molar-refractivity contribution in [1.29, 1.82) is 0 Å². The van der Waals surface area contributed by atoms with Crippen LogP contribution in [0.25, 0.3) is 28.1 Å². The molecule has 0 bridgehead atoms. The Labute approximate surface area is 185 Å². The van der Waals surface area contributed by atoms with Crippen LogP contribution in [0.5, 0.6) is 0 Å². The Hall–Kier alpha value is -3.13. The van der Waals surface area contributed by atoms with E-state index in [0.29, 0.717) is 6.04 Å². The number of aromatic nitrogens is 1. The molecule has 2 aromatic carbocycles. The van der Waals surface area contributed by atoms with Crippen LogP contribution >= 0.6 is 0 Å². The molecule has 1 fully saturated rings. The van der Waals surface area contributed by atoms with Crippen molar-refractivity contribution in [3.8, 4) is 11.1 Å². The molecule has 1 saturated carbocycles. The smallest absolute Gasteiger partial charge is 0.199 e. The Balaban J connectivity index is 1.48. The molecule has 1 N–H and O–H groups in total. The molecule has 2 aliphatic carbocycles. The van der Waals surface area contributed by atoms with Crippen LogP contribution < -0.4 is 0 Å². The first-order chi connectivity index (χ1) is 15.2. The highest BCUT2D eigenvalue weighted by Gasteiger charge is 2.23. The molecule has 0 atom stereocenters. The van der Waals surface area contributed by atoms with Gasteiger partial charge in [-0.1, -0.05) is 48.9 Å². The summed E-state index contributed by atoms with van der Waals surface area (Å²) in [7, 11) is 2.25. The summed E-state index contributed by atoms with van der Waals surface area (Å²) in [5.74, 6) is 0. The number of allylic oxidation sites excluding steroid dienone is 5. The number of para-hydroxylation sites is 1. The molecule has 0 unspecified atom stereocenters. The van der Waals surface area contributed by atoms with E-state index in [0.717, 1.165) is 0 Å². The second-order valence-corrected chi connectivity index (χ2v) is 8.90. The Bertz CT molecular complexity index is 1210. The van der Waals surface area contributed by atoms with Crippen LogP contribution in [0.15, 0.2) is 78.4 Å². The van der Waals surface area contributed by atoms with E-state index in [-0.39, 0.29) is 0 Å². The molecule has 1 heterocycles. The summed E-state index contributed by atoms with van der Waals surface area (Å²) in [5.41, 5.74) is 8.81. The van der Waals surface area contributed by atoms with Crippen molar-refractivity contribution < 1.29 is 4.58 Å². The van der Waals surface area contributed by atoms with Gasteiger partial charge >= 0.3 is 0 Å². The van der Waals surface area contributed by atoms with E-state index in [2.05, 4.69) is 102 Å². The van der Waals surface area contributed by atoms with E-state index in [9.17, 15) is 0 Å². The fraction of sp³-hybridized carbons (Fsp3) is 0.276. The van der Waals surface area contributed by atoms with Gasteiger partial charge in [0.05, 0.1) is 0 Å². The van der Waals surface area contributed by atoms with Crippen molar-refractivity contribution in [2.75, 3.05) is 7.05 Å². The fourth-order valence-electron chi connectivity index (χ4n) is 5.14. The Morgan fingerprint density at radius 2 is 1.58 bits per heavy atom. The predicted molar refractivity (Wildman–Crippen MR) is 133 cm³/mol. The number of aryl methyl sites for hydroxylation is 1. The molecular formula is C29H31N2+.